The Morgan fingerprint density at radius 3 is 2.67 bits per heavy atom. The van der Waals surface area contributed by atoms with E-state index in [2.05, 4.69) is 10.6 Å². The number of carbonyl (C=O) groups excluding carboxylic acids is 1. The third-order valence-electron chi connectivity index (χ3n) is 3.48. The molecule has 1 saturated heterocycles. The van der Waals surface area contributed by atoms with Crippen LogP contribution in [0, 0.1) is 0 Å². The van der Waals surface area contributed by atoms with Gasteiger partial charge in [-0.1, -0.05) is 19.3 Å². The van der Waals surface area contributed by atoms with Crippen LogP contribution in [-0.4, -0.2) is 24.6 Å². The van der Waals surface area contributed by atoms with Crippen molar-refractivity contribution >= 4 is 5.94 Å². The normalized spacial score (nSPS) is 28.3. The molecule has 2 N–H and O–H groups in total. The van der Waals surface area contributed by atoms with Crippen molar-refractivity contribution in [2.24, 2.45) is 0 Å². The van der Waals surface area contributed by atoms with Gasteiger partial charge in [0.2, 0.25) is 0 Å². The quantitative estimate of drug-likeness (QED) is 0.674. The zero-order valence-corrected chi connectivity index (χ0v) is 9.22. The van der Waals surface area contributed by atoms with E-state index in [-0.39, 0.29) is 0 Å². The monoisotopic (exact) mass is 208 g/mol. The molecule has 1 heterocycles. The smallest absolute Gasteiger partial charge is 0.145 e. The molecule has 0 bridgehead atoms. The highest BCUT2D eigenvalue weighted by molar-refractivity contribution is 5.52. The Hall–Kier alpha value is -0.790. The van der Waals surface area contributed by atoms with Crippen molar-refractivity contribution in [2.75, 3.05) is 6.54 Å². The lowest BCUT2D eigenvalue weighted by molar-refractivity contribution is 0.312. The molecule has 0 radical (unpaired) electrons. The highest BCUT2D eigenvalue weighted by Gasteiger charge is 2.21. The molecule has 0 aromatic rings. The fourth-order valence-corrected chi connectivity index (χ4v) is 2.64. The predicted molar refractivity (Wildman–Crippen MR) is 60.2 cm³/mol. The third kappa shape index (κ3) is 3.08. The molecule has 0 spiro atoms. The van der Waals surface area contributed by atoms with Crippen LogP contribution in [0.1, 0.15) is 44.9 Å². The highest BCUT2D eigenvalue weighted by Crippen LogP contribution is 2.20. The van der Waals surface area contributed by atoms with Crippen molar-refractivity contribution in [1.29, 1.82) is 0 Å². The standard InChI is InChI=1S/C12H20N2O/c15-9-12-8-11(6-7-13-12)14-10-4-2-1-3-5-10/h10-11,13-14H,1-8H2. The molecule has 2 aliphatic rings. The van der Waals surface area contributed by atoms with E-state index < -0.39 is 0 Å². The van der Waals surface area contributed by atoms with Crippen molar-refractivity contribution in [2.45, 2.75) is 57.0 Å². The molecular formula is C12H20N2O. The Kier molecular flexibility index (Phi) is 3.81. The van der Waals surface area contributed by atoms with Crippen LogP contribution in [0.15, 0.2) is 5.70 Å². The van der Waals surface area contributed by atoms with E-state index in [1.54, 1.807) is 0 Å². The van der Waals surface area contributed by atoms with Gasteiger partial charge in [-0.15, -0.1) is 0 Å². The molecule has 0 aromatic carbocycles. The van der Waals surface area contributed by atoms with Crippen molar-refractivity contribution in [3.63, 3.8) is 0 Å². The first-order valence-corrected chi connectivity index (χ1v) is 6.12. The van der Waals surface area contributed by atoms with Gasteiger partial charge in [0.05, 0.1) is 5.70 Å². The van der Waals surface area contributed by atoms with Crippen molar-refractivity contribution in [3.8, 4) is 0 Å². The molecule has 3 nitrogen and oxygen atoms in total. The minimum Gasteiger partial charge on any atom is -0.379 e. The second-order valence-electron chi connectivity index (χ2n) is 4.70. The molecule has 3 heteroatoms. The molecule has 84 valence electrons. The topological polar surface area (TPSA) is 41.1 Å². The van der Waals surface area contributed by atoms with E-state index in [0.717, 1.165) is 25.1 Å². The fraction of sp³-hybridized carbons (Fsp3) is 0.833. The van der Waals surface area contributed by atoms with Crippen LogP contribution in [-0.2, 0) is 4.79 Å². The lowest BCUT2D eigenvalue weighted by atomic mass is 9.93. The Morgan fingerprint density at radius 2 is 1.93 bits per heavy atom. The van der Waals surface area contributed by atoms with Gasteiger partial charge in [0, 0.05) is 25.0 Å². The van der Waals surface area contributed by atoms with Crippen LogP contribution < -0.4 is 10.6 Å². The second kappa shape index (κ2) is 5.34. The van der Waals surface area contributed by atoms with Gasteiger partial charge in [-0.2, -0.15) is 0 Å². The largest absolute Gasteiger partial charge is 0.379 e. The fourth-order valence-electron chi connectivity index (χ4n) is 2.64. The van der Waals surface area contributed by atoms with Crippen LogP contribution in [0.2, 0.25) is 0 Å². The average Bonchev–Trinajstić information content (AvgIpc) is 2.31. The molecule has 0 aromatic heterocycles. The van der Waals surface area contributed by atoms with E-state index in [0.29, 0.717) is 12.1 Å². The van der Waals surface area contributed by atoms with Gasteiger partial charge in [-0.3, -0.25) is 0 Å². The summed E-state index contributed by atoms with van der Waals surface area (Å²) >= 11 is 0. The molecule has 15 heavy (non-hydrogen) atoms. The Balaban J connectivity index is 1.80. The van der Waals surface area contributed by atoms with Gasteiger partial charge in [0.1, 0.15) is 5.94 Å². The first-order chi connectivity index (χ1) is 7.38. The van der Waals surface area contributed by atoms with Crippen molar-refractivity contribution < 1.29 is 4.79 Å². The van der Waals surface area contributed by atoms with E-state index in [1.165, 1.54) is 32.1 Å². The minimum absolute atomic E-state index is 0.491. The average molecular weight is 208 g/mol. The molecule has 1 saturated carbocycles. The SMILES string of the molecule is O=C=C1CC(NC2CCCCC2)CCN1. The Bertz CT molecular complexity index is 252. The number of hydrogen-bond acceptors (Lipinski definition) is 3. The van der Waals surface area contributed by atoms with Gasteiger partial charge in [-0.25, -0.2) is 4.79 Å². The van der Waals surface area contributed by atoms with E-state index >= 15 is 0 Å². The van der Waals surface area contributed by atoms with E-state index in [9.17, 15) is 4.79 Å². The summed E-state index contributed by atoms with van der Waals surface area (Å²) in [5.74, 6) is 1.99. The zero-order valence-electron chi connectivity index (χ0n) is 9.22. The highest BCUT2D eigenvalue weighted by atomic mass is 16.1. The number of hydrogen-bond donors (Lipinski definition) is 2. The van der Waals surface area contributed by atoms with E-state index in [4.69, 9.17) is 0 Å². The summed E-state index contributed by atoms with van der Waals surface area (Å²) in [5, 5.41) is 6.77. The lowest BCUT2D eigenvalue weighted by Crippen LogP contribution is -2.44. The Morgan fingerprint density at radius 1 is 1.13 bits per heavy atom. The predicted octanol–water partition coefficient (Wildman–Crippen LogP) is 1.38. The maximum atomic E-state index is 10.5. The molecule has 2 fully saturated rings. The second-order valence-corrected chi connectivity index (χ2v) is 4.70. The molecule has 1 aliphatic carbocycles. The van der Waals surface area contributed by atoms with Crippen LogP contribution in [0.4, 0.5) is 0 Å². The Labute approximate surface area is 91.3 Å². The lowest BCUT2D eigenvalue weighted by Gasteiger charge is -2.31. The summed E-state index contributed by atoms with van der Waals surface area (Å²) < 4.78 is 0. The van der Waals surface area contributed by atoms with Gasteiger partial charge in [0.15, 0.2) is 0 Å². The van der Waals surface area contributed by atoms with Crippen LogP contribution in [0.25, 0.3) is 0 Å². The van der Waals surface area contributed by atoms with Crippen LogP contribution >= 0.6 is 0 Å². The summed E-state index contributed by atoms with van der Waals surface area (Å²) in [7, 11) is 0. The molecular weight excluding hydrogens is 188 g/mol. The maximum Gasteiger partial charge on any atom is 0.145 e. The van der Waals surface area contributed by atoms with Crippen LogP contribution in [0.3, 0.4) is 0 Å². The minimum atomic E-state index is 0.491. The van der Waals surface area contributed by atoms with Gasteiger partial charge in [0.25, 0.3) is 0 Å². The van der Waals surface area contributed by atoms with E-state index in [1.807, 2.05) is 5.94 Å². The van der Waals surface area contributed by atoms with Gasteiger partial charge < -0.3 is 10.6 Å². The number of nitrogens with one attached hydrogen (secondary N) is 2. The third-order valence-corrected chi connectivity index (χ3v) is 3.48. The van der Waals surface area contributed by atoms with Crippen LogP contribution in [0.5, 0.6) is 0 Å². The first-order valence-electron chi connectivity index (χ1n) is 6.12. The first kappa shape index (κ1) is 10.7. The number of piperidine rings is 1. The molecule has 1 unspecified atom stereocenters. The van der Waals surface area contributed by atoms with Gasteiger partial charge >= 0.3 is 0 Å². The summed E-state index contributed by atoms with van der Waals surface area (Å²) in [6, 6.07) is 1.18. The summed E-state index contributed by atoms with van der Waals surface area (Å²) in [4.78, 5) is 10.5. The zero-order chi connectivity index (χ0) is 10.5. The maximum absolute atomic E-state index is 10.5. The molecule has 1 atom stereocenters. The van der Waals surface area contributed by atoms with Crippen molar-refractivity contribution in [1.82, 2.24) is 10.6 Å². The molecule has 1 aliphatic heterocycles. The summed E-state index contributed by atoms with van der Waals surface area (Å²) in [6.45, 7) is 0.912. The summed E-state index contributed by atoms with van der Waals surface area (Å²) in [6.07, 6.45) is 8.69. The number of rotatable bonds is 2. The van der Waals surface area contributed by atoms with Crippen molar-refractivity contribution in [3.05, 3.63) is 5.70 Å². The molecule has 0 amide bonds. The summed E-state index contributed by atoms with van der Waals surface area (Å²) in [5.41, 5.74) is 0.745. The molecule has 2 rings (SSSR count). The van der Waals surface area contributed by atoms with Gasteiger partial charge in [-0.05, 0) is 19.3 Å².